The molecular formula is C14H26N2O2Si. The smallest absolute Gasteiger partial charge is 0.339 e. The van der Waals surface area contributed by atoms with Crippen molar-refractivity contribution in [2.75, 3.05) is 33.9 Å². The number of hydrogen-bond donors (Lipinski definition) is 2. The number of benzene rings is 1. The molecule has 5 heteroatoms. The molecule has 1 aromatic carbocycles. The summed E-state index contributed by atoms with van der Waals surface area (Å²) in [4.78, 5) is 0. The highest BCUT2D eigenvalue weighted by Gasteiger charge is 2.39. The van der Waals surface area contributed by atoms with E-state index in [2.05, 4.69) is 36.1 Å². The largest absolute Gasteiger partial charge is 0.398 e. The third kappa shape index (κ3) is 5.04. The zero-order valence-electron chi connectivity index (χ0n) is 12.2. The van der Waals surface area contributed by atoms with Gasteiger partial charge >= 0.3 is 8.56 Å². The third-order valence-corrected chi connectivity index (χ3v) is 7.10. The van der Waals surface area contributed by atoms with E-state index in [0.29, 0.717) is 12.1 Å². The van der Waals surface area contributed by atoms with E-state index in [0.717, 1.165) is 19.5 Å². The van der Waals surface area contributed by atoms with Crippen molar-refractivity contribution >= 4 is 8.56 Å². The summed E-state index contributed by atoms with van der Waals surface area (Å²) in [6.07, 6.45) is 0.961. The first kappa shape index (κ1) is 16.3. The van der Waals surface area contributed by atoms with Gasteiger partial charge < -0.3 is 19.9 Å². The van der Waals surface area contributed by atoms with Crippen LogP contribution in [0.2, 0.25) is 12.1 Å². The minimum Gasteiger partial charge on any atom is -0.398 e. The third-order valence-electron chi connectivity index (χ3n) is 3.59. The molecule has 0 aliphatic rings. The molecule has 0 amide bonds. The maximum atomic E-state index is 5.70. The summed E-state index contributed by atoms with van der Waals surface area (Å²) in [6.45, 7) is 4.46. The van der Waals surface area contributed by atoms with Crippen LogP contribution in [0.3, 0.4) is 0 Å². The zero-order chi connectivity index (χ0) is 14.1. The van der Waals surface area contributed by atoms with Gasteiger partial charge in [0.25, 0.3) is 0 Å². The predicted octanol–water partition coefficient (Wildman–Crippen LogP) is 1.51. The van der Waals surface area contributed by atoms with E-state index in [9.17, 15) is 0 Å². The molecule has 0 heterocycles. The highest BCUT2D eigenvalue weighted by molar-refractivity contribution is 6.67. The predicted molar refractivity (Wildman–Crippen MR) is 81.5 cm³/mol. The van der Waals surface area contributed by atoms with Crippen LogP contribution in [-0.4, -0.2) is 42.4 Å². The molecule has 0 fully saturated rings. The SMILES string of the molecule is CO[Si](C)(OC)C(CNCCN)Cc1ccccc1. The number of nitrogens with two attached hydrogens (primary N) is 1. The highest BCUT2D eigenvalue weighted by Crippen LogP contribution is 2.26. The van der Waals surface area contributed by atoms with Gasteiger partial charge in [0.2, 0.25) is 0 Å². The molecule has 1 aromatic rings. The van der Waals surface area contributed by atoms with E-state index in [1.165, 1.54) is 5.56 Å². The normalized spacial score (nSPS) is 13.5. The summed E-state index contributed by atoms with van der Waals surface area (Å²) in [6, 6.07) is 10.5. The van der Waals surface area contributed by atoms with E-state index < -0.39 is 8.56 Å². The Morgan fingerprint density at radius 3 is 2.37 bits per heavy atom. The van der Waals surface area contributed by atoms with E-state index in [1.807, 2.05) is 6.07 Å². The van der Waals surface area contributed by atoms with E-state index in [4.69, 9.17) is 14.6 Å². The second-order valence-electron chi connectivity index (χ2n) is 4.80. The van der Waals surface area contributed by atoms with Crippen molar-refractivity contribution in [3.05, 3.63) is 35.9 Å². The summed E-state index contributed by atoms with van der Waals surface area (Å²) in [5.41, 5.74) is 7.20. The lowest BCUT2D eigenvalue weighted by atomic mass is 10.1. The summed E-state index contributed by atoms with van der Waals surface area (Å²) in [5, 5.41) is 3.38. The van der Waals surface area contributed by atoms with Crippen LogP contribution in [0, 0.1) is 0 Å². The van der Waals surface area contributed by atoms with Gasteiger partial charge in [-0.2, -0.15) is 0 Å². The molecule has 0 aliphatic heterocycles. The first-order valence-corrected chi connectivity index (χ1v) is 9.10. The lowest BCUT2D eigenvalue weighted by Crippen LogP contribution is -2.47. The maximum absolute atomic E-state index is 5.70. The second-order valence-corrected chi connectivity index (χ2v) is 8.47. The Balaban J connectivity index is 2.74. The first-order chi connectivity index (χ1) is 9.16. The Morgan fingerprint density at radius 1 is 1.21 bits per heavy atom. The first-order valence-electron chi connectivity index (χ1n) is 6.71. The fourth-order valence-electron chi connectivity index (χ4n) is 2.14. The van der Waals surface area contributed by atoms with Crippen molar-refractivity contribution < 1.29 is 8.85 Å². The molecule has 1 unspecified atom stereocenters. The van der Waals surface area contributed by atoms with Crippen LogP contribution in [0.25, 0.3) is 0 Å². The minimum atomic E-state index is -2.16. The number of rotatable bonds is 9. The van der Waals surface area contributed by atoms with Gasteiger partial charge in [-0.1, -0.05) is 30.3 Å². The van der Waals surface area contributed by atoms with Crippen molar-refractivity contribution in [1.29, 1.82) is 0 Å². The molecule has 0 radical (unpaired) electrons. The van der Waals surface area contributed by atoms with Gasteiger partial charge in [-0.15, -0.1) is 0 Å². The molecular weight excluding hydrogens is 256 g/mol. The van der Waals surface area contributed by atoms with Crippen molar-refractivity contribution in [1.82, 2.24) is 5.32 Å². The lowest BCUT2D eigenvalue weighted by molar-refractivity contribution is 0.234. The van der Waals surface area contributed by atoms with Crippen LogP contribution in [-0.2, 0) is 15.3 Å². The van der Waals surface area contributed by atoms with Crippen LogP contribution in [0.1, 0.15) is 5.56 Å². The fourth-order valence-corrected chi connectivity index (χ4v) is 4.09. The van der Waals surface area contributed by atoms with Crippen molar-refractivity contribution in [2.24, 2.45) is 5.73 Å². The van der Waals surface area contributed by atoms with Crippen LogP contribution >= 0.6 is 0 Å². The second kappa shape index (κ2) is 8.45. The quantitative estimate of drug-likeness (QED) is 0.532. The van der Waals surface area contributed by atoms with Gasteiger partial charge in [-0.3, -0.25) is 0 Å². The molecule has 4 nitrogen and oxygen atoms in total. The molecule has 1 rings (SSSR count). The monoisotopic (exact) mass is 282 g/mol. The molecule has 3 N–H and O–H groups in total. The average molecular weight is 282 g/mol. The highest BCUT2D eigenvalue weighted by atomic mass is 28.4. The molecule has 0 saturated heterocycles. The topological polar surface area (TPSA) is 56.5 Å². The number of nitrogens with one attached hydrogen (secondary N) is 1. The minimum absolute atomic E-state index is 0.358. The van der Waals surface area contributed by atoms with Crippen LogP contribution in [0.15, 0.2) is 30.3 Å². The van der Waals surface area contributed by atoms with E-state index in [1.54, 1.807) is 14.2 Å². The standard InChI is InChI=1S/C14H26N2O2Si/c1-17-19(3,18-2)14(12-16-10-9-15)11-13-7-5-4-6-8-13/h4-8,14,16H,9-12,15H2,1-3H3. The lowest BCUT2D eigenvalue weighted by Gasteiger charge is -2.32. The van der Waals surface area contributed by atoms with Crippen molar-refractivity contribution in [3.8, 4) is 0 Å². The summed E-state index contributed by atoms with van der Waals surface area (Å²) in [7, 11) is 1.33. The molecule has 0 aliphatic carbocycles. The Bertz CT molecular complexity index is 345. The Kier molecular flexibility index (Phi) is 7.26. The molecule has 108 valence electrons. The van der Waals surface area contributed by atoms with Gasteiger partial charge in [0, 0.05) is 39.4 Å². The van der Waals surface area contributed by atoms with Gasteiger partial charge in [-0.05, 0) is 18.5 Å². The van der Waals surface area contributed by atoms with Crippen LogP contribution in [0.5, 0.6) is 0 Å². The van der Waals surface area contributed by atoms with Gasteiger partial charge in [0.15, 0.2) is 0 Å². The van der Waals surface area contributed by atoms with Crippen molar-refractivity contribution in [2.45, 2.75) is 18.5 Å². The molecule has 1 atom stereocenters. The molecule has 19 heavy (non-hydrogen) atoms. The Hall–Kier alpha value is -0.723. The Morgan fingerprint density at radius 2 is 1.84 bits per heavy atom. The zero-order valence-corrected chi connectivity index (χ0v) is 13.2. The van der Waals surface area contributed by atoms with Gasteiger partial charge in [0.05, 0.1) is 0 Å². The van der Waals surface area contributed by atoms with Gasteiger partial charge in [-0.25, -0.2) is 0 Å². The van der Waals surface area contributed by atoms with Gasteiger partial charge in [0.1, 0.15) is 0 Å². The van der Waals surface area contributed by atoms with Crippen LogP contribution in [0.4, 0.5) is 0 Å². The molecule has 0 spiro atoms. The van der Waals surface area contributed by atoms with E-state index >= 15 is 0 Å². The fraction of sp³-hybridized carbons (Fsp3) is 0.571. The molecule has 0 saturated carbocycles. The maximum Gasteiger partial charge on any atom is 0.339 e. The summed E-state index contributed by atoms with van der Waals surface area (Å²) >= 11 is 0. The van der Waals surface area contributed by atoms with Crippen LogP contribution < -0.4 is 11.1 Å². The Labute approximate surface area is 117 Å². The summed E-state index contributed by atoms with van der Waals surface area (Å²) < 4.78 is 11.4. The molecule has 0 aromatic heterocycles. The van der Waals surface area contributed by atoms with E-state index in [-0.39, 0.29) is 0 Å². The van der Waals surface area contributed by atoms with Crippen molar-refractivity contribution in [3.63, 3.8) is 0 Å². The summed E-state index contributed by atoms with van der Waals surface area (Å²) in [5.74, 6) is 0. The number of hydrogen-bond acceptors (Lipinski definition) is 4. The molecule has 0 bridgehead atoms. The average Bonchev–Trinajstić information content (AvgIpc) is 2.46.